The van der Waals surface area contributed by atoms with Gasteiger partial charge in [-0.25, -0.2) is 4.98 Å². The molecule has 94 valence electrons. The molecule has 0 saturated carbocycles. The van der Waals surface area contributed by atoms with Crippen LogP contribution in [0.3, 0.4) is 0 Å². The van der Waals surface area contributed by atoms with E-state index in [2.05, 4.69) is 44.1 Å². The minimum Gasteiger partial charge on any atom is -0.253 e. The Morgan fingerprint density at radius 3 is 2.58 bits per heavy atom. The third-order valence-corrected chi connectivity index (χ3v) is 3.55. The second-order valence-electron chi connectivity index (χ2n) is 4.48. The number of nitrogens with zero attached hydrogens (tertiary/aromatic N) is 2. The number of aryl methyl sites for hydroxylation is 2. The molecule has 3 heteroatoms. The molecule has 0 bridgehead atoms. The summed E-state index contributed by atoms with van der Waals surface area (Å²) in [5.74, 6) is 0. The van der Waals surface area contributed by atoms with Crippen molar-refractivity contribution in [3.63, 3.8) is 0 Å². The minimum atomic E-state index is 0.911. The van der Waals surface area contributed by atoms with E-state index in [0.717, 1.165) is 34.0 Å². The van der Waals surface area contributed by atoms with Crippen LogP contribution in [0.4, 0.5) is 0 Å². The van der Waals surface area contributed by atoms with Crippen molar-refractivity contribution in [2.45, 2.75) is 12.8 Å². The fourth-order valence-electron chi connectivity index (χ4n) is 2.08. The van der Waals surface area contributed by atoms with Crippen LogP contribution in [0.2, 0.25) is 0 Å². The van der Waals surface area contributed by atoms with Gasteiger partial charge in [-0.2, -0.15) is 0 Å². The summed E-state index contributed by atoms with van der Waals surface area (Å²) in [7, 11) is 0. The number of aromatic nitrogens is 2. The summed E-state index contributed by atoms with van der Waals surface area (Å²) in [5.41, 5.74) is 4.27. The Kier molecular flexibility index (Phi) is 3.56. The lowest BCUT2D eigenvalue weighted by atomic mass is 10.1. The highest BCUT2D eigenvalue weighted by molar-refractivity contribution is 9.10. The van der Waals surface area contributed by atoms with Gasteiger partial charge in [-0.1, -0.05) is 40.2 Å². The van der Waals surface area contributed by atoms with Gasteiger partial charge in [0.05, 0.1) is 16.7 Å². The molecule has 0 saturated heterocycles. The molecule has 2 nitrogen and oxygen atoms in total. The molecular weight excluding hydrogens is 300 g/mol. The smallest absolute Gasteiger partial charge is 0.0890 e. The largest absolute Gasteiger partial charge is 0.253 e. The van der Waals surface area contributed by atoms with Crippen molar-refractivity contribution in [3.8, 4) is 0 Å². The highest BCUT2D eigenvalue weighted by Crippen LogP contribution is 2.14. The zero-order valence-electron chi connectivity index (χ0n) is 10.4. The van der Waals surface area contributed by atoms with Gasteiger partial charge in [0.1, 0.15) is 0 Å². The first-order valence-electron chi connectivity index (χ1n) is 6.26. The molecule has 2 aromatic carbocycles. The fourth-order valence-corrected chi connectivity index (χ4v) is 2.53. The van der Waals surface area contributed by atoms with Gasteiger partial charge in [0.2, 0.25) is 0 Å². The Morgan fingerprint density at radius 1 is 0.895 bits per heavy atom. The summed E-state index contributed by atoms with van der Waals surface area (Å²) >= 11 is 3.49. The molecule has 1 heterocycles. The first-order valence-corrected chi connectivity index (χ1v) is 7.06. The van der Waals surface area contributed by atoms with Gasteiger partial charge in [-0.05, 0) is 42.7 Å². The van der Waals surface area contributed by atoms with Crippen LogP contribution in [0.25, 0.3) is 11.0 Å². The highest BCUT2D eigenvalue weighted by Gasteiger charge is 2.01. The number of hydrogen-bond acceptors (Lipinski definition) is 2. The molecule has 0 radical (unpaired) electrons. The third-order valence-electron chi connectivity index (χ3n) is 3.06. The first kappa shape index (κ1) is 12.3. The van der Waals surface area contributed by atoms with E-state index in [1.807, 2.05) is 36.5 Å². The number of halogens is 1. The van der Waals surface area contributed by atoms with Crippen LogP contribution in [0.1, 0.15) is 11.3 Å². The molecular formula is C16H13BrN2. The van der Waals surface area contributed by atoms with Crippen LogP contribution in [-0.4, -0.2) is 9.97 Å². The van der Waals surface area contributed by atoms with Gasteiger partial charge in [0.25, 0.3) is 0 Å². The number of fused-ring (bicyclic) bond motifs is 1. The van der Waals surface area contributed by atoms with E-state index in [1.165, 1.54) is 5.56 Å². The Balaban J connectivity index is 1.78. The third kappa shape index (κ3) is 2.99. The van der Waals surface area contributed by atoms with E-state index >= 15 is 0 Å². The van der Waals surface area contributed by atoms with Gasteiger partial charge in [0, 0.05) is 10.7 Å². The molecule has 3 rings (SSSR count). The van der Waals surface area contributed by atoms with E-state index < -0.39 is 0 Å². The average Bonchev–Trinajstić information content (AvgIpc) is 2.45. The van der Waals surface area contributed by atoms with Gasteiger partial charge in [-0.3, -0.25) is 4.98 Å². The SMILES string of the molecule is Brc1cccc(CCc2cnc3ccccc3n2)c1. The van der Waals surface area contributed by atoms with Crippen molar-refractivity contribution in [2.24, 2.45) is 0 Å². The van der Waals surface area contributed by atoms with Crippen molar-refractivity contribution in [3.05, 3.63) is 70.5 Å². The maximum Gasteiger partial charge on any atom is 0.0890 e. The van der Waals surface area contributed by atoms with Gasteiger partial charge < -0.3 is 0 Å². The Labute approximate surface area is 120 Å². The van der Waals surface area contributed by atoms with Crippen molar-refractivity contribution in [1.82, 2.24) is 9.97 Å². The molecule has 1 aromatic heterocycles. The van der Waals surface area contributed by atoms with Crippen LogP contribution >= 0.6 is 15.9 Å². The molecule has 0 aliphatic rings. The van der Waals surface area contributed by atoms with E-state index in [-0.39, 0.29) is 0 Å². The quantitative estimate of drug-likeness (QED) is 0.725. The van der Waals surface area contributed by atoms with Gasteiger partial charge in [0.15, 0.2) is 0 Å². The molecule has 0 N–H and O–H groups in total. The van der Waals surface area contributed by atoms with Gasteiger partial charge >= 0.3 is 0 Å². The lowest BCUT2D eigenvalue weighted by Crippen LogP contribution is -1.96. The van der Waals surface area contributed by atoms with Gasteiger partial charge in [-0.15, -0.1) is 0 Å². The number of rotatable bonds is 3. The fraction of sp³-hybridized carbons (Fsp3) is 0.125. The van der Waals surface area contributed by atoms with Crippen molar-refractivity contribution in [2.75, 3.05) is 0 Å². The van der Waals surface area contributed by atoms with E-state index in [4.69, 9.17) is 0 Å². The number of para-hydroxylation sites is 2. The molecule has 0 unspecified atom stereocenters. The summed E-state index contributed by atoms with van der Waals surface area (Å²) in [6.45, 7) is 0. The predicted molar refractivity (Wildman–Crippen MR) is 81.1 cm³/mol. The summed E-state index contributed by atoms with van der Waals surface area (Å²) in [5, 5.41) is 0. The first-order chi connectivity index (χ1) is 9.31. The molecule has 3 aromatic rings. The van der Waals surface area contributed by atoms with E-state index in [9.17, 15) is 0 Å². The Hall–Kier alpha value is -1.74. The molecule has 0 spiro atoms. The average molecular weight is 313 g/mol. The van der Waals surface area contributed by atoms with Crippen LogP contribution < -0.4 is 0 Å². The second kappa shape index (κ2) is 5.49. The maximum atomic E-state index is 4.64. The lowest BCUT2D eigenvalue weighted by Gasteiger charge is -2.03. The number of benzene rings is 2. The number of hydrogen-bond donors (Lipinski definition) is 0. The maximum absolute atomic E-state index is 4.64. The monoisotopic (exact) mass is 312 g/mol. The van der Waals surface area contributed by atoms with Crippen molar-refractivity contribution >= 4 is 27.0 Å². The topological polar surface area (TPSA) is 25.8 Å². The highest BCUT2D eigenvalue weighted by atomic mass is 79.9. The standard InChI is InChI=1S/C16H13BrN2/c17-13-5-3-4-12(10-13)8-9-14-11-18-15-6-1-2-7-16(15)19-14/h1-7,10-11H,8-9H2. The Morgan fingerprint density at radius 2 is 1.74 bits per heavy atom. The van der Waals surface area contributed by atoms with Crippen LogP contribution in [0.5, 0.6) is 0 Å². The van der Waals surface area contributed by atoms with Crippen molar-refractivity contribution < 1.29 is 0 Å². The second-order valence-corrected chi connectivity index (χ2v) is 5.40. The molecule has 0 fully saturated rings. The molecule has 0 amide bonds. The molecule has 0 atom stereocenters. The van der Waals surface area contributed by atoms with E-state index in [0.29, 0.717) is 0 Å². The van der Waals surface area contributed by atoms with E-state index in [1.54, 1.807) is 0 Å². The zero-order chi connectivity index (χ0) is 13.1. The van der Waals surface area contributed by atoms with Crippen LogP contribution in [0.15, 0.2) is 59.2 Å². The Bertz CT molecular complexity index is 710. The van der Waals surface area contributed by atoms with Crippen LogP contribution in [-0.2, 0) is 12.8 Å². The summed E-state index contributed by atoms with van der Waals surface area (Å²) < 4.78 is 1.12. The molecule has 19 heavy (non-hydrogen) atoms. The zero-order valence-corrected chi connectivity index (χ0v) is 12.0. The summed E-state index contributed by atoms with van der Waals surface area (Å²) in [6.07, 6.45) is 3.76. The lowest BCUT2D eigenvalue weighted by molar-refractivity contribution is 0.911. The minimum absolute atomic E-state index is 0.911. The molecule has 0 aliphatic heterocycles. The predicted octanol–water partition coefficient (Wildman–Crippen LogP) is 4.18. The van der Waals surface area contributed by atoms with Crippen LogP contribution in [0, 0.1) is 0 Å². The normalized spacial score (nSPS) is 10.8. The van der Waals surface area contributed by atoms with Crippen molar-refractivity contribution in [1.29, 1.82) is 0 Å². The molecule has 0 aliphatic carbocycles. The summed E-state index contributed by atoms with van der Waals surface area (Å²) in [4.78, 5) is 9.08. The summed E-state index contributed by atoms with van der Waals surface area (Å²) in [6, 6.07) is 16.4.